The predicted octanol–water partition coefficient (Wildman–Crippen LogP) is 12.5. The van der Waals surface area contributed by atoms with Gasteiger partial charge in [-0.2, -0.15) is 0 Å². The van der Waals surface area contributed by atoms with Gasteiger partial charge >= 0.3 is 11.9 Å². The summed E-state index contributed by atoms with van der Waals surface area (Å²) in [5.74, 6) is -0.0221. The minimum atomic E-state index is -0.0288. The summed E-state index contributed by atoms with van der Waals surface area (Å²) in [6, 6.07) is 0. The number of rotatable bonds is 40. The maximum atomic E-state index is 12.7. The van der Waals surface area contributed by atoms with Crippen LogP contribution in [0.1, 0.15) is 227 Å². The van der Waals surface area contributed by atoms with E-state index in [4.69, 9.17) is 9.47 Å². The molecule has 0 heterocycles. The molecule has 0 bridgehead atoms. The van der Waals surface area contributed by atoms with Gasteiger partial charge in [-0.05, 0) is 70.9 Å². The van der Waals surface area contributed by atoms with E-state index in [1.807, 2.05) is 6.92 Å². The molecule has 0 fully saturated rings. The number of unbranched alkanes of at least 4 members (excludes halogenated alkanes) is 22. The largest absolute Gasteiger partial charge is 0.465 e. The average Bonchev–Trinajstić information content (AvgIpc) is 3.11. The lowest BCUT2D eigenvalue weighted by Crippen LogP contribution is -2.29. The molecule has 0 aromatic heterocycles. The summed E-state index contributed by atoms with van der Waals surface area (Å²) in [7, 11) is 0. The number of esters is 2. The molecule has 0 spiro atoms. The minimum Gasteiger partial charge on any atom is -0.465 e. The molecule has 0 amide bonds. The van der Waals surface area contributed by atoms with Gasteiger partial charge in [-0.3, -0.25) is 9.59 Å². The van der Waals surface area contributed by atoms with E-state index in [1.165, 1.54) is 109 Å². The fourth-order valence-electron chi connectivity index (χ4n) is 6.88. The molecule has 50 heavy (non-hydrogen) atoms. The van der Waals surface area contributed by atoms with Crippen molar-refractivity contribution in [3.05, 3.63) is 0 Å². The number of hydrogen-bond acceptors (Lipinski definition) is 6. The van der Waals surface area contributed by atoms with Crippen LogP contribution in [0.4, 0.5) is 0 Å². The predicted molar refractivity (Wildman–Crippen MR) is 214 cm³/mol. The molecule has 0 rings (SSSR count). The molecule has 1 unspecified atom stereocenters. The maximum absolute atomic E-state index is 12.7. The third kappa shape index (κ3) is 34.0. The monoisotopic (exact) mass is 710 g/mol. The van der Waals surface area contributed by atoms with Crippen molar-refractivity contribution < 1.29 is 24.2 Å². The first-order valence-electron chi connectivity index (χ1n) is 22.2. The zero-order valence-corrected chi connectivity index (χ0v) is 34.1. The Balaban J connectivity index is 4.03. The van der Waals surface area contributed by atoms with E-state index in [0.29, 0.717) is 13.0 Å². The van der Waals surface area contributed by atoms with Crippen molar-refractivity contribution in [3.63, 3.8) is 0 Å². The molecule has 0 aromatic carbocycles. The van der Waals surface area contributed by atoms with Gasteiger partial charge in [-0.25, -0.2) is 0 Å². The molecule has 6 heteroatoms. The lowest BCUT2D eigenvalue weighted by molar-refractivity contribution is -0.150. The summed E-state index contributed by atoms with van der Waals surface area (Å²) >= 11 is 0. The van der Waals surface area contributed by atoms with Gasteiger partial charge in [0.25, 0.3) is 0 Å². The van der Waals surface area contributed by atoms with Gasteiger partial charge in [0.1, 0.15) is 6.10 Å². The SMILES string of the molecule is CCCCCCCCOC(=O)C(C)CCCCCCN(CCO)CCCCCCCC(=O)OC(CCCCCCCC)CCCCCCCC. The molecule has 1 N–H and O–H groups in total. The second kappa shape index (κ2) is 39.1. The van der Waals surface area contributed by atoms with E-state index in [-0.39, 0.29) is 30.6 Å². The summed E-state index contributed by atoms with van der Waals surface area (Å²) in [4.78, 5) is 27.4. The summed E-state index contributed by atoms with van der Waals surface area (Å²) in [6.07, 6.45) is 36.3. The number of ether oxygens (including phenoxy) is 2. The summed E-state index contributed by atoms with van der Waals surface area (Å²) in [6.45, 7) is 12.3. The Morgan fingerprint density at radius 2 is 0.940 bits per heavy atom. The van der Waals surface area contributed by atoms with Crippen LogP contribution < -0.4 is 0 Å². The molecule has 6 nitrogen and oxygen atoms in total. The molecule has 298 valence electrons. The number of carbonyl (C=O) groups excluding carboxylic acids is 2. The Morgan fingerprint density at radius 1 is 0.520 bits per heavy atom. The molecule has 0 saturated carbocycles. The normalized spacial score (nSPS) is 12.2. The van der Waals surface area contributed by atoms with Gasteiger partial charge in [0, 0.05) is 13.0 Å². The fourth-order valence-corrected chi connectivity index (χ4v) is 6.88. The Labute approximate surface area is 312 Å². The van der Waals surface area contributed by atoms with E-state index in [2.05, 4.69) is 25.7 Å². The molecule has 0 aliphatic carbocycles. The van der Waals surface area contributed by atoms with Crippen LogP contribution in [0.5, 0.6) is 0 Å². The lowest BCUT2D eigenvalue weighted by atomic mass is 10.0. The fraction of sp³-hybridized carbons (Fsp3) is 0.955. The van der Waals surface area contributed by atoms with Crippen LogP contribution in [0.3, 0.4) is 0 Å². The molecule has 0 aromatic rings. The highest BCUT2D eigenvalue weighted by Gasteiger charge is 2.15. The van der Waals surface area contributed by atoms with Gasteiger partial charge in [-0.15, -0.1) is 0 Å². The zero-order chi connectivity index (χ0) is 36.8. The zero-order valence-electron chi connectivity index (χ0n) is 34.1. The Kier molecular flexibility index (Phi) is 38.2. The molecule has 0 aliphatic heterocycles. The third-order valence-electron chi connectivity index (χ3n) is 10.3. The van der Waals surface area contributed by atoms with E-state index in [1.54, 1.807) is 0 Å². The molecule has 0 aliphatic rings. The van der Waals surface area contributed by atoms with Crippen LogP contribution in [-0.2, 0) is 19.1 Å². The average molecular weight is 710 g/mol. The van der Waals surface area contributed by atoms with Crippen molar-refractivity contribution >= 4 is 11.9 Å². The number of hydrogen-bond donors (Lipinski definition) is 1. The summed E-state index contributed by atoms with van der Waals surface area (Å²) in [5.41, 5.74) is 0. The molecular formula is C44H87NO5. The second-order valence-corrected chi connectivity index (χ2v) is 15.3. The van der Waals surface area contributed by atoms with Gasteiger partial charge in [0.2, 0.25) is 0 Å². The number of aliphatic hydroxyl groups is 1. The van der Waals surface area contributed by atoms with Crippen molar-refractivity contribution in [2.75, 3.05) is 32.8 Å². The van der Waals surface area contributed by atoms with Crippen LogP contribution >= 0.6 is 0 Å². The van der Waals surface area contributed by atoms with Gasteiger partial charge in [-0.1, -0.05) is 163 Å². The van der Waals surface area contributed by atoms with E-state index >= 15 is 0 Å². The first kappa shape index (κ1) is 48.9. The van der Waals surface area contributed by atoms with Crippen LogP contribution in [0.15, 0.2) is 0 Å². The number of nitrogens with zero attached hydrogens (tertiary/aromatic N) is 1. The Hall–Kier alpha value is -1.14. The summed E-state index contributed by atoms with van der Waals surface area (Å²) in [5, 5.41) is 9.56. The molecular weight excluding hydrogens is 622 g/mol. The first-order valence-corrected chi connectivity index (χ1v) is 22.2. The molecule has 0 saturated heterocycles. The van der Waals surface area contributed by atoms with Crippen LogP contribution in [0.2, 0.25) is 0 Å². The first-order chi connectivity index (χ1) is 24.5. The lowest BCUT2D eigenvalue weighted by Gasteiger charge is -2.21. The van der Waals surface area contributed by atoms with Gasteiger partial charge in [0.05, 0.1) is 19.1 Å². The van der Waals surface area contributed by atoms with Gasteiger partial charge < -0.3 is 19.5 Å². The van der Waals surface area contributed by atoms with Crippen LogP contribution in [-0.4, -0.2) is 60.9 Å². The number of aliphatic hydroxyl groups excluding tert-OH is 1. The smallest absolute Gasteiger partial charge is 0.308 e. The quantitative estimate of drug-likeness (QED) is 0.0504. The van der Waals surface area contributed by atoms with Crippen molar-refractivity contribution in [2.45, 2.75) is 233 Å². The second-order valence-electron chi connectivity index (χ2n) is 15.3. The van der Waals surface area contributed by atoms with E-state index in [0.717, 1.165) is 103 Å². The Bertz CT molecular complexity index is 701. The Morgan fingerprint density at radius 3 is 1.44 bits per heavy atom. The van der Waals surface area contributed by atoms with Crippen molar-refractivity contribution in [2.24, 2.45) is 5.92 Å². The van der Waals surface area contributed by atoms with Gasteiger partial charge in [0.15, 0.2) is 0 Å². The van der Waals surface area contributed by atoms with Crippen molar-refractivity contribution in [1.29, 1.82) is 0 Å². The van der Waals surface area contributed by atoms with Crippen LogP contribution in [0, 0.1) is 5.92 Å². The highest BCUT2D eigenvalue weighted by Crippen LogP contribution is 2.19. The minimum absolute atomic E-state index is 0.00616. The van der Waals surface area contributed by atoms with E-state index < -0.39 is 0 Å². The van der Waals surface area contributed by atoms with Crippen molar-refractivity contribution in [1.82, 2.24) is 4.90 Å². The van der Waals surface area contributed by atoms with Crippen LogP contribution in [0.25, 0.3) is 0 Å². The molecule has 1 atom stereocenters. The third-order valence-corrected chi connectivity index (χ3v) is 10.3. The summed E-state index contributed by atoms with van der Waals surface area (Å²) < 4.78 is 11.5. The molecule has 0 radical (unpaired) electrons. The standard InChI is InChI=1S/C44H87NO5/c1-5-8-11-14-18-26-33-42(34-27-19-15-12-9-6-2)50-43(47)35-28-20-17-22-29-36-45(38-39-46)37-30-23-21-25-32-41(4)44(48)49-40-31-24-16-13-10-7-3/h41-42,46H,5-40H2,1-4H3. The van der Waals surface area contributed by atoms with Crippen molar-refractivity contribution in [3.8, 4) is 0 Å². The highest BCUT2D eigenvalue weighted by molar-refractivity contribution is 5.71. The van der Waals surface area contributed by atoms with E-state index in [9.17, 15) is 14.7 Å². The number of carbonyl (C=O) groups is 2. The maximum Gasteiger partial charge on any atom is 0.308 e. The highest BCUT2D eigenvalue weighted by atomic mass is 16.5. The topological polar surface area (TPSA) is 76.1 Å².